The Kier molecular flexibility index (Phi) is 4.97. The molecule has 18 heavy (non-hydrogen) atoms. The molecule has 0 radical (unpaired) electrons. The van der Waals surface area contributed by atoms with Gasteiger partial charge in [0.1, 0.15) is 0 Å². The summed E-state index contributed by atoms with van der Waals surface area (Å²) in [5.74, 6) is 0.959. The molecule has 0 aromatic rings. The fraction of sp³-hybridized carbons (Fsp3) is 0.923. The first-order valence-corrected chi connectivity index (χ1v) is 7.11. The van der Waals surface area contributed by atoms with Crippen LogP contribution < -0.4 is 16.2 Å². The van der Waals surface area contributed by atoms with E-state index in [4.69, 9.17) is 0 Å². The summed E-state index contributed by atoms with van der Waals surface area (Å²) in [6.45, 7) is 3.05. The van der Waals surface area contributed by atoms with Crippen LogP contribution >= 0.6 is 0 Å². The molecule has 0 aromatic heterocycles. The molecule has 2 rings (SSSR count). The second-order valence-electron chi connectivity index (χ2n) is 5.66. The van der Waals surface area contributed by atoms with Gasteiger partial charge in [0.05, 0.1) is 0 Å². The summed E-state index contributed by atoms with van der Waals surface area (Å²) in [5.41, 5.74) is 6.08. The van der Waals surface area contributed by atoms with Crippen LogP contribution in [0.3, 0.4) is 0 Å². The highest BCUT2D eigenvalue weighted by Crippen LogP contribution is 2.34. The van der Waals surface area contributed by atoms with E-state index in [1.54, 1.807) is 0 Å². The molecule has 0 aromatic carbocycles. The normalized spacial score (nSPS) is 32.2. The van der Waals surface area contributed by atoms with E-state index in [9.17, 15) is 4.79 Å². The fourth-order valence-corrected chi connectivity index (χ4v) is 3.24. The Morgan fingerprint density at radius 3 is 2.94 bits per heavy atom. The number of hydrogen-bond acceptors (Lipinski definition) is 4. The van der Waals surface area contributed by atoms with Gasteiger partial charge in [-0.2, -0.15) is 0 Å². The first kappa shape index (κ1) is 13.8. The summed E-state index contributed by atoms with van der Waals surface area (Å²) in [7, 11) is 4.12. The van der Waals surface area contributed by atoms with Crippen LogP contribution in [0.4, 0.5) is 0 Å². The number of carbonyl (C=O) groups excluding carboxylic acids is 1. The standard InChI is InChI=1S/C13H26N4O/c1-14-7-8-17(2)9-12-10-5-3-4-6-11(10)13(18)16-15-12/h10-12,14-15H,3-9H2,1-2H3,(H,16,18). The van der Waals surface area contributed by atoms with Crippen molar-refractivity contribution in [2.45, 2.75) is 31.7 Å². The Hall–Kier alpha value is -0.650. The monoisotopic (exact) mass is 254 g/mol. The molecule has 104 valence electrons. The minimum atomic E-state index is 0.203. The van der Waals surface area contributed by atoms with Crippen molar-refractivity contribution < 1.29 is 4.79 Å². The zero-order valence-electron chi connectivity index (χ0n) is 11.5. The number of hydrazine groups is 1. The van der Waals surface area contributed by atoms with Crippen LogP contribution in [0.15, 0.2) is 0 Å². The number of hydrogen-bond donors (Lipinski definition) is 3. The molecule has 1 aliphatic carbocycles. The van der Waals surface area contributed by atoms with E-state index < -0.39 is 0 Å². The van der Waals surface area contributed by atoms with Crippen molar-refractivity contribution in [1.29, 1.82) is 0 Å². The van der Waals surface area contributed by atoms with Crippen LogP contribution in [0.2, 0.25) is 0 Å². The van der Waals surface area contributed by atoms with E-state index in [0.717, 1.165) is 26.1 Å². The molecule has 0 bridgehead atoms. The van der Waals surface area contributed by atoms with Crippen molar-refractivity contribution in [1.82, 2.24) is 21.1 Å². The molecule has 3 N–H and O–H groups in total. The minimum Gasteiger partial charge on any atom is -0.318 e. The van der Waals surface area contributed by atoms with E-state index >= 15 is 0 Å². The summed E-state index contributed by atoms with van der Waals surface area (Å²) in [4.78, 5) is 14.2. The maximum absolute atomic E-state index is 11.8. The highest BCUT2D eigenvalue weighted by molar-refractivity contribution is 5.79. The van der Waals surface area contributed by atoms with Gasteiger partial charge in [0.2, 0.25) is 5.91 Å². The third-order valence-electron chi connectivity index (χ3n) is 4.31. The maximum Gasteiger partial charge on any atom is 0.237 e. The van der Waals surface area contributed by atoms with E-state index in [1.807, 2.05) is 7.05 Å². The maximum atomic E-state index is 11.8. The average Bonchev–Trinajstić information content (AvgIpc) is 2.40. The van der Waals surface area contributed by atoms with Crippen molar-refractivity contribution in [2.24, 2.45) is 11.8 Å². The largest absolute Gasteiger partial charge is 0.318 e. The summed E-state index contributed by atoms with van der Waals surface area (Å²) >= 11 is 0. The first-order chi connectivity index (χ1) is 8.72. The summed E-state index contributed by atoms with van der Waals surface area (Å²) < 4.78 is 0. The molecule has 2 aliphatic rings. The lowest BCUT2D eigenvalue weighted by Gasteiger charge is -2.42. The number of nitrogens with zero attached hydrogens (tertiary/aromatic N) is 1. The van der Waals surface area contributed by atoms with Gasteiger partial charge in [0.25, 0.3) is 0 Å². The summed E-state index contributed by atoms with van der Waals surface area (Å²) in [6.07, 6.45) is 4.73. The highest BCUT2D eigenvalue weighted by atomic mass is 16.2. The Labute approximate surface area is 110 Å². The smallest absolute Gasteiger partial charge is 0.237 e. The van der Waals surface area contributed by atoms with E-state index in [-0.39, 0.29) is 11.8 Å². The molecule has 0 spiro atoms. The van der Waals surface area contributed by atoms with E-state index in [0.29, 0.717) is 12.0 Å². The zero-order valence-corrected chi connectivity index (χ0v) is 11.5. The van der Waals surface area contributed by atoms with Gasteiger partial charge >= 0.3 is 0 Å². The van der Waals surface area contributed by atoms with Gasteiger partial charge in [0, 0.05) is 31.6 Å². The minimum absolute atomic E-state index is 0.203. The molecule has 1 saturated heterocycles. The molecule has 2 fully saturated rings. The molecule has 1 amide bonds. The third-order valence-corrected chi connectivity index (χ3v) is 4.31. The molecule has 3 unspecified atom stereocenters. The zero-order chi connectivity index (χ0) is 13.0. The number of fused-ring (bicyclic) bond motifs is 1. The second-order valence-corrected chi connectivity index (χ2v) is 5.66. The van der Waals surface area contributed by atoms with Crippen LogP contribution in [0, 0.1) is 11.8 Å². The Morgan fingerprint density at radius 2 is 2.17 bits per heavy atom. The molecule has 1 heterocycles. The van der Waals surface area contributed by atoms with Crippen molar-refractivity contribution >= 4 is 5.91 Å². The lowest BCUT2D eigenvalue weighted by Crippen LogP contribution is -2.62. The highest BCUT2D eigenvalue weighted by Gasteiger charge is 2.39. The average molecular weight is 254 g/mol. The lowest BCUT2D eigenvalue weighted by atomic mass is 9.74. The van der Waals surface area contributed by atoms with Gasteiger partial charge in [-0.3, -0.25) is 10.2 Å². The van der Waals surface area contributed by atoms with Crippen molar-refractivity contribution in [3.8, 4) is 0 Å². The Morgan fingerprint density at radius 1 is 1.39 bits per heavy atom. The van der Waals surface area contributed by atoms with Crippen LogP contribution in [0.25, 0.3) is 0 Å². The predicted molar refractivity (Wildman–Crippen MR) is 71.9 cm³/mol. The molecule has 5 heteroatoms. The number of amides is 1. The van der Waals surface area contributed by atoms with E-state index in [1.165, 1.54) is 19.3 Å². The third kappa shape index (κ3) is 3.22. The number of rotatable bonds is 5. The number of likely N-dealkylation sites (N-methyl/N-ethyl adjacent to an activating group) is 2. The fourth-order valence-electron chi connectivity index (χ4n) is 3.24. The summed E-state index contributed by atoms with van der Waals surface area (Å²) in [5, 5.41) is 3.17. The SMILES string of the molecule is CNCCN(C)CC1NNC(=O)C2CCCCC12. The topological polar surface area (TPSA) is 56.4 Å². The van der Waals surface area contributed by atoms with Gasteiger partial charge in [-0.15, -0.1) is 0 Å². The van der Waals surface area contributed by atoms with Gasteiger partial charge in [0.15, 0.2) is 0 Å². The van der Waals surface area contributed by atoms with Gasteiger partial charge in [-0.25, -0.2) is 5.43 Å². The molecule has 5 nitrogen and oxygen atoms in total. The number of nitrogens with one attached hydrogen (secondary N) is 3. The van der Waals surface area contributed by atoms with Crippen molar-refractivity contribution in [3.63, 3.8) is 0 Å². The van der Waals surface area contributed by atoms with Crippen LogP contribution in [-0.2, 0) is 4.79 Å². The molecular formula is C13H26N4O. The second kappa shape index (κ2) is 6.50. The quantitative estimate of drug-likeness (QED) is 0.644. The van der Waals surface area contributed by atoms with Crippen molar-refractivity contribution in [3.05, 3.63) is 0 Å². The van der Waals surface area contributed by atoms with Crippen LogP contribution in [0.5, 0.6) is 0 Å². The van der Waals surface area contributed by atoms with Gasteiger partial charge < -0.3 is 10.2 Å². The Balaban J connectivity index is 1.89. The van der Waals surface area contributed by atoms with Crippen LogP contribution in [0.1, 0.15) is 25.7 Å². The molecular weight excluding hydrogens is 228 g/mol. The predicted octanol–water partition coefficient (Wildman–Crippen LogP) is -0.0530. The summed E-state index contributed by atoms with van der Waals surface area (Å²) in [6, 6.07) is 0.398. The Bertz CT molecular complexity index is 284. The van der Waals surface area contributed by atoms with Crippen molar-refractivity contribution in [2.75, 3.05) is 33.7 Å². The molecule has 3 atom stereocenters. The molecule has 1 saturated carbocycles. The van der Waals surface area contributed by atoms with Gasteiger partial charge in [-0.1, -0.05) is 12.8 Å². The van der Waals surface area contributed by atoms with Gasteiger partial charge in [-0.05, 0) is 32.9 Å². The van der Waals surface area contributed by atoms with E-state index in [2.05, 4.69) is 28.1 Å². The molecule has 1 aliphatic heterocycles. The van der Waals surface area contributed by atoms with Crippen LogP contribution in [-0.4, -0.2) is 50.6 Å². The first-order valence-electron chi connectivity index (χ1n) is 7.11. The lowest BCUT2D eigenvalue weighted by molar-refractivity contribution is -0.133. The number of carbonyl (C=O) groups is 1.